The molecule has 1 unspecified atom stereocenters. The smallest absolute Gasteiger partial charge is 0.190 e. The molecule has 1 nitrogen and oxygen atoms in total. The van der Waals surface area contributed by atoms with Crippen molar-refractivity contribution in [3.8, 4) is 0 Å². The van der Waals surface area contributed by atoms with Crippen LogP contribution in [0.2, 0.25) is 0 Å². The summed E-state index contributed by atoms with van der Waals surface area (Å²) in [6, 6.07) is 32.9. The Morgan fingerprint density at radius 1 is 0.667 bits per heavy atom. The maximum Gasteiger partial charge on any atom is 0.190 e. The second-order valence-electron chi connectivity index (χ2n) is 6.97. The molecule has 5 rings (SSSR count). The molecule has 0 amide bonds. The summed E-state index contributed by atoms with van der Waals surface area (Å²) in [6.07, 6.45) is 2.06. The van der Waals surface area contributed by atoms with Gasteiger partial charge in [-0.05, 0) is 39.6 Å². The molecule has 0 N–H and O–H groups in total. The molecule has 128 valence electrons. The Morgan fingerprint density at radius 3 is 2.22 bits per heavy atom. The summed E-state index contributed by atoms with van der Waals surface area (Å²) in [7, 11) is 0. The number of hydrogen-bond donors (Lipinski definition) is 0. The lowest BCUT2D eigenvalue weighted by molar-refractivity contribution is 0.103. The first-order chi connectivity index (χ1) is 13.3. The zero-order valence-corrected chi connectivity index (χ0v) is 14.8. The van der Waals surface area contributed by atoms with Crippen molar-refractivity contribution < 1.29 is 4.79 Å². The minimum absolute atomic E-state index is 0.0126. The summed E-state index contributed by atoms with van der Waals surface area (Å²) in [5, 5.41) is 2.39. The highest BCUT2D eigenvalue weighted by atomic mass is 16.1. The number of allylic oxidation sites excluding steroid dienone is 1. The third kappa shape index (κ3) is 2.69. The van der Waals surface area contributed by atoms with E-state index in [0.29, 0.717) is 0 Å². The fraction of sp³-hybridized carbons (Fsp3) is 0.0385. The molecular weight excluding hydrogens is 328 g/mol. The largest absolute Gasteiger partial charge is 0.289 e. The van der Waals surface area contributed by atoms with E-state index in [2.05, 4.69) is 54.6 Å². The van der Waals surface area contributed by atoms with Gasteiger partial charge in [0.05, 0.1) is 0 Å². The van der Waals surface area contributed by atoms with Crippen molar-refractivity contribution in [2.75, 3.05) is 0 Å². The van der Waals surface area contributed by atoms with Crippen LogP contribution in [0.1, 0.15) is 33.0 Å². The molecule has 4 aromatic rings. The van der Waals surface area contributed by atoms with Crippen LogP contribution in [0, 0.1) is 0 Å². The van der Waals surface area contributed by atoms with Crippen molar-refractivity contribution in [2.24, 2.45) is 0 Å². The van der Waals surface area contributed by atoms with Gasteiger partial charge >= 0.3 is 0 Å². The predicted octanol–water partition coefficient (Wildman–Crippen LogP) is 6.25. The molecule has 0 spiro atoms. The van der Waals surface area contributed by atoms with Crippen molar-refractivity contribution in [2.45, 2.75) is 5.92 Å². The van der Waals surface area contributed by atoms with E-state index in [9.17, 15) is 4.79 Å². The summed E-state index contributed by atoms with van der Waals surface area (Å²) < 4.78 is 0. The number of carbonyl (C=O) groups is 1. The van der Waals surface area contributed by atoms with Crippen LogP contribution in [0.5, 0.6) is 0 Å². The molecular formula is C26H18O. The normalized spacial score (nSPS) is 17.4. The Hall–Kier alpha value is -3.45. The lowest BCUT2D eigenvalue weighted by Crippen LogP contribution is -2.02. The van der Waals surface area contributed by atoms with Gasteiger partial charge in [0.1, 0.15) is 0 Å². The first-order valence-corrected chi connectivity index (χ1v) is 9.20. The van der Waals surface area contributed by atoms with Crippen LogP contribution in [0.25, 0.3) is 16.8 Å². The topological polar surface area (TPSA) is 17.1 Å². The molecule has 0 fully saturated rings. The number of benzene rings is 4. The van der Waals surface area contributed by atoms with Crippen molar-refractivity contribution in [3.05, 3.63) is 125 Å². The van der Waals surface area contributed by atoms with Gasteiger partial charge < -0.3 is 0 Å². The second-order valence-corrected chi connectivity index (χ2v) is 6.97. The van der Waals surface area contributed by atoms with E-state index < -0.39 is 0 Å². The van der Waals surface area contributed by atoms with Crippen molar-refractivity contribution in [1.29, 1.82) is 0 Å². The van der Waals surface area contributed by atoms with Crippen LogP contribution < -0.4 is 0 Å². The molecule has 0 aliphatic heterocycles. The first-order valence-electron chi connectivity index (χ1n) is 9.20. The van der Waals surface area contributed by atoms with E-state index in [-0.39, 0.29) is 11.7 Å². The maximum absolute atomic E-state index is 13.2. The molecule has 0 saturated heterocycles. The molecule has 4 aromatic carbocycles. The van der Waals surface area contributed by atoms with Gasteiger partial charge in [-0.3, -0.25) is 4.79 Å². The zero-order valence-electron chi connectivity index (χ0n) is 14.8. The van der Waals surface area contributed by atoms with Crippen molar-refractivity contribution >= 4 is 22.6 Å². The Bertz CT molecular complexity index is 1180. The minimum Gasteiger partial charge on any atom is -0.289 e. The molecule has 0 saturated carbocycles. The molecule has 0 radical (unpaired) electrons. The summed E-state index contributed by atoms with van der Waals surface area (Å²) >= 11 is 0. The third-order valence-electron chi connectivity index (χ3n) is 5.32. The van der Waals surface area contributed by atoms with Gasteiger partial charge in [-0.15, -0.1) is 0 Å². The van der Waals surface area contributed by atoms with E-state index in [1.54, 1.807) is 0 Å². The van der Waals surface area contributed by atoms with Gasteiger partial charge in [0.15, 0.2) is 5.78 Å². The molecule has 0 aromatic heterocycles. The van der Waals surface area contributed by atoms with E-state index in [4.69, 9.17) is 0 Å². The highest BCUT2D eigenvalue weighted by Gasteiger charge is 2.35. The van der Waals surface area contributed by atoms with Crippen LogP contribution >= 0.6 is 0 Å². The Kier molecular flexibility index (Phi) is 3.72. The number of hydrogen-bond acceptors (Lipinski definition) is 1. The Morgan fingerprint density at radius 2 is 1.37 bits per heavy atom. The van der Waals surface area contributed by atoms with Gasteiger partial charge in [0, 0.05) is 17.1 Å². The van der Waals surface area contributed by atoms with E-state index in [1.807, 2.05) is 48.5 Å². The van der Waals surface area contributed by atoms with Crippen LogP contribution in [-0.2, 0) is 0 Å². The highest BCUT2D eigenvalue weighted by molar-refractivity contribution is 6.17. The van der Waals surface area contributed by atoms with Gasteiger partial charge in [0.25, 0.3) is 0 Å². The van der Waals surface area contributed by atoms with Crippen LogP contribution in [0.3, 0.4) is 0 Å². The third-order valence-corrected chi connectivity index (χ3v) is 5.32. The molecule has 1 atom stereocenters. The average molecular weight is 346 g/mol. The number of ketones is 1. The van der Waals surface area contributed by atoms with Crippen LogP contribution in [-0.4, -0.2) is 5.78 Å². The fourth-order valence-electron chi connectivity index (χ4n) is 4.04. The van der Waals surface area contributed by atoms with Gasteiger partial charge in [-0.1, -0.05) is 91.0 Å². The molecule has 1 aliphatic rings. The average Bonchev–Trinajstić information content (AvgIpc) is 3.00. The SMILES string of the molecule is O=C1/C(=C\c2ccc3ccccc3c2)C(c2ccccc2)c2ccccc21. The standard InChI is InChI=1S/C26H18O/c27-26-23-13-7-6-12-22(23)25(20-9-2-1-3-10-20)24(26)17-18-14-15-19-8-4-5-11-21(19)16-18/h1-17,25H/b24-17-. The van der Waals surface area contributed by atoms with E-state index >= 15 is 0 Å². The quantitative estimate of drug-likeness (QED) is 0.392. The highest BCUT2D eigenvalue weighted by Crippen LogP contribution is 2.42. The monoisotopic (exact) mass is 346 g/mol. The van der Waals surface area contributed by atoms with Crippen molar-refractivity contribution in [3.63, 3.8) is 0 Å². The fourth-order valence-corrected chi connectivity index (χ4v) is 4.04. The first kappa shape index (κ1) is 15.8. The number of carbonyl (C=O) groups excluding carboxylic acids is 1. The number of Topliss-reactive ketones (excluding diaryl/α,β-unsaturated/α-hetero) is 1. The lowest BCUT2D eigenvalue weighted by atomic mass is 9.88. The predicted molar refractivity (Wildman–Crippen MR) is 111 cm³/mol. The van der Waals surface area contributed by atoms with Gasteiger partial charge in [-0.2, -0.15) is 0 Å². The molecule has 0 heterocycles. The maximum atomic E-state index is 13.2. The summed E-state index contributed by atoms with van der Waals surface area (Å²) in [5.74, 6) is 0.119. The second kappa shape index (κ2) is 6.37. The van der Waals surface area contributed by atoms with Gasteiger partial charge in [0.2, 0.25) is 0 Å². The molecule has 1 heteroatoms. The zero-order chi connectivity index (χ0) is 18.2. The molecule has 0 bridgehead atoms. The minimum atomic E-state index is -0.0126. The number of fused-ring (bicyclic) bond motifs is 2. The summed E-state index contributed by atoms with van der Waals surface area (Å²) in [4.78, 5) is 13.2. The Labute approximate surface area is 158 Å². The van der Waals surface area contributed by atoms with Crippen LogP contribution in [0.4, 0.5) is 0 Å². The Balaban J connectivity index is 1.69. The molecule has 27 heavy (non-hydrogen) atoms. The lowest BCUT2D eigenvalue weighted by Gasteiger charge is -2.14. The van der Waals surface area contributed by atoms with E-state index in [0.717, 1.165) is 27.8 Å². The summed E-state index contributed by atoms with van der Waals surface area (Å²) in [6.45, 7) is 0. The van der Waals surface area contributed by atoms with Crippen LogP contribution in [0.15, 0.2) is 103 Å². The van der Waals surface area contributed by atoms with Crippen molar-refractivity contribution in [1.82, 2.24) is 0 Å². The van der Waals surface area contributed by atoms with Gasteiger partial charge in [-0.25, -0.2) is 0 Å². The number of rotatable bonds is 2. The molecule has 1 aliphatic carbocycles. The summed E-state index contributed by atoms with van der Waals surface area (Å²) in [5.41, 5.74) is 4.98. The van der Waals surface area contributed by atoms with E-state index in [1.165, 1.54) is 10.8 Å².